The number of nitrogens with zero attached hydrogens (tertiary/aromatic N) is 4. The molecule has 0 spiro atoms. The van der Waals surface area contributed by atoms with Gasteiger partial charge < -0.3 is 4.52 Å². The molecule has 1 atom stereocenters. The average molecular weight is 264 g/mol. The lowest BCUT2D eigenvalue weighted by molar-refractivity contribution is 0.206. The highest BCUT2D eigenvalue weighted by Gasteiger charge is 2.25. The van der Waals surface area contributed by atoms with E-state index in [0.29, 0.717) is 6.04 Å². The van der Waals surface area contributed by atoms with E-state index in [0.717, 1.165) is 24.5 Å². The molecular formula is C12H16N4OS. The van der Waals surface area contributed by atoms with Crippen molar-refractivity contribution < 1.29 is 4.52 Å². The first-order valence-electron chi connectivity index (χ1n) is 6.02. The Hall–Kier alpha value is -1.27. The minimum absolute atomic E-state index is 0.425. The van der Waals surface area contributed by atoms with Crippen molar-refractivity contribution >= 4 is 11.8 Å². The Balaban J connectivity index is 1.77. The van der Waals surface area contributed by atoms with E-state index < -0.39 is 0 Å². The van der Waals surface area contributed by atoms with Gasteiger partial charge >= 0.3 is 0 Å². The Kier molecular flexibility index (Phi) is 3.38. The molecule has 0 radical (unpaired) electrons. The fraction of sp³-hybridized carbons (Fsp3) is 0.500. The number of aromatic nitrogens is 3. The lowest BCUT2D eigenvalue weighted by atomic mass is 10.1. The number of thioether (sulfide) groups is 1. The molecular weight excluding hydrogens is 248 g/mol. The molecule has 1 saturated heterocycles. The molecule has 0 N–H and O–H groups in total. The van der Waals surface area contributed by atoms with Crippen LogP contribution >= 0.6 is 11.8 Å². The molecule has 1 aliphatic heterocycles. The van der Waals surface area contributed by atoms with Crippen LogP contribution in [0, 0.1) is 0 Å². The van der Waals surface area contributed by atoms with Crippen molar-refractivity contribution in [3.63, 3.8) is 0 Å². The van der Waals surface area contributed by atoms with Gasteiger partial charge in [-0.15, -0.1) is 0 Å². The van der Waals surface area contributed by atoms with Gasteiger partial charge in [0.1, 0.15) is 6.26 Å². The van der Waals surface area contributed by atoms with Gasteiger partial charge in [-0.25, -0.2) is 0 Å². The summed E-state index contributed by atoms with van der Waals surface area (Å²) < 4.78 is 6.77. The highest BCUT2D eigenvalue weighted by molar-refractivity contribution is 7.99. The second kappa shape index (κ2) is 5.16. The highest BCUT2D eigenvalue weighted by Crippen LogP contribution is 2.30. The molecule has 6 heteroatoms. The van der Waals surface area contributed by atoms with E-state index in [1.54, 1.807) is 6.26 Å². The van der Waals surface area contributed by atoms with Crippen LogP contribution in [0.3, 0.4) is 0 Å². The summed E-state index contributed by atoms with van der Waals surface area (Å²) in [4.78, 5) is 2.45. The fourth-order valence-corrected chi connectivity index (χ4v) is 3.43. The van der Waals surface area contributed by atoms with E-state index in [-0.39, 0.29) is 0 Å². The van der Waals surface area contributed by atoms with Crippen LogP contribution < -0.4 is 0 Å². The number of rotatable bonds is 3. The first-order valence-corrected chi connectivity index (χ1v) is 7.18. The molecule has 2 aromatic heterocycles. The van der Waals surface area contributed by atoms with Crippen LogP contribution in [0.5, 0.6) is 0 Å². The van der Waals surface area contributed by atoms with Crippen LogP contribution in [0.15, 0.2) is 29.2 Å². The Bertz CT molecular complexity index is 496. The van der Waals surface area contributed by atoms with E-state index in [1.807, 2.05) is 35.8 Å². The van der Waals surface area contributed by atoms with Crippen molar-refractivity contribution in [1.29, 1.82) is 0 Å². The average Bonchev–Trinajstić information content (AvgIpc) is 3.02. The van der Waals surface area contributed by atoms with Crippen LogP contribution in [0.25, 0.3) is 0 Å². The van der Waals surface area contributed by atoms with Crippen molar-refractivity contribution in [2.24, 2.45) is 7.05 Å². The maximum atomic E-state index is 4.90. The zero-order valence-electron chi connectivity index (χ0n) is 10.3. The second-order valence-corrected chi connectivity index (χ2v) is 5.65. The molecule has 0 aliphatic carbocycles. The molecule has 3 heterocycles. The maximum absolute atomic E-state index is 4.90. The van der Waals surface area contributed by atoms with Crippen molar-refractivity contribution in [2.75, 3.05) is 18.1 Å². The van der Waals surface area contributed by atoms with Crippen LogP contribution in [-0.2, 0) is 13.6 Å². The molecule has 2 aromatic rings. The maximum Gasteiger partial charge on any atom is 0.124 e. The van der Waals surface area contributed by atoms with Crippen molar-refractivity contribution in [3.8, 4) is 0 Å². The van der Waals surface area contributed by atoms with Gasteiger partial charge in [-0.2, -0.15) is 16.9 Å². The summed E-state index contributed by atoms with van der Waals surface area (Å²) >= 11 is 2.00. The summed E-state index contributed by atoms with van der Waals surface area (Å²) in [5.41, 5.74) is 2.28. The normalized spacial score (nSPS) is 21.3. The number of hydrogen-bond acceptors (Lipinski definition) is 5. The monoisotopic (exact) mass is 264 g/mol. The third kappa shape index (κ3) is 2.44. The van der Waals surface area contributed by atoms with Gasteiger partial charge in [0.25, 0.3) is 0 Å². The van der Waals surface area contributed by atoms with Gasteiger partial charge in [-0.3, -0.25) is 9.58 Å². The van der Waals surface area contributed by atoms with E-state index in [9.17, 15) is 0 Å². The lowest BCUT2D eigenvalue weighted by Crippen LogP contribution is -2.35. The molecule has 96 valence electrons. The number of aryl methyl sites for hydroxylation is 1. The Morgan fingerprint density at radius 2 is 2.50 bits per heavy atom. The third-order valence-electron chi connectivity index (χ3n) is 3.21. The van der Waals surface area contributed by atoms with E-state index >= 15 is 0 Å². The van der Waals surface area contributed by atoms with Crippen molar-refractivity contribution in [2.45, 2.75) is 12.6 Å². The van der Waals surface area contributed by atoms with Crippen LogP contribution in [-0.4, -0.2) is 37.9 Å². The Morgan fingerprint density at radius 1 is 1.56 bits per heavy atom. The third-order valence-corrected chi connectivity index (χ3v) is 4.23. The van der Waals surface area contributed by atoms with Crippen LogP contribution in [0.4, 0.5) is 0 Å². The summed E-state index contributed by atoms with van der Waals surface area (Å²) in [5.74, 6) is 2.29. The topological polar surface area (TPSA) is 47.1 Å². The molecule has 0 bridgehead atoms. The molecule has 5 nitrogen and oxygen atoms in total. The van der Waals surface area contributed by atoms with E-state index in [2.05, 4.69) is 21.4 Å². The minimum Gasteiger partial charge on any atom is -0.364 e. The quantitative estimate of drug-likeness (QED) is 0.844. The fourth-order valence-electron chi connectivity index (χ4n) is 2.27. The standard InChI is InChI=1S/C12H16N4OS/c1-15-7-10(6-13-15)12-9-18-5-3-16(12)8-11-2-4-17-14-11/h2,4,6-7,12H,3,5,8-9H2,1H3/t12-/m0/s1. The molecule has 1 fully saturated rings. The summed E-state index contributed by atoms with van der Waals surface area (Å²) in [6.07, 6.45) is 5.70. The van der Waals surface area contributed by atoms with Crippen molar-refractivity contribution in [1.82, 2.24) is 19.8 Å². The Morgan fingerprint density at radius 3 is 3.22 bits per heavy atom. The molecule has 0 saturated carbocycles. The first-order chi connectivity index (χ1) is 8.83. The van der Waals surface area contributed by atoms with Gasteiger partial charge in [0, 0.05) is 55.5 Å². The van der Waals surface area contributed by atoms with Gasteiger partial charge in [-0.05, 0) is 0 Å². The smallest absolute Gasteiger partial charge is 0.124 e. The van der Waals surface area contributed by atoms with Gasteiger partial charge in [0.2, 0.25) is 0 Å². The minimum atomic E-state index is 0.425. The summed E-state index contributed by atoms with van der Waals surface area (Å²) in [6, 6.07) is 2.36. The van der Waals surface area contributed by atoms with Gasteiger partial charge in [0.15, 0.2) is 0 Å². The summed E-state index contributed by atoms with van der Waals surface area (Å²) in [7, 11) is 1.96. The zero-order valence-corrected chi connectivity index (χ0v) is 11.1. The zero-order chi connectivity index (χ0) is 12.4. The van der Waals surface area contributed by atoms with Crippen molar-refractivity contribution in [3.05, 3.63) is 36.0 Å². The summed E-state index contributed by atoms with van der Waals surface area (Å²) in [5, 5.41) is 8.27. The van der Waals surface area contributed by atoms with E-state index in [1.165, 1.54) is 11.3 Å². The largest absolute Gasteiger partial charge is 0.364 e. The predicted octanol–water partition coefficient (Wildman–Crippen LogP) is 1.70. The molecule has 3 rings (SSSR count). The molecule has 0 amide bonds. The molecule has 18 heavy (non-hydrogen) atoms. The molecule has 0 aromatic carbocycles. The Labute approximate surface area is 110 Å². The molecule has 0 unspecified atom stereocenters. The number of hydrogen-bond donors (Lipinski definition) is 0. The predicted molar refractivity (Wildman–Crippen MR) is 70.2 cm³/mol. The SMILES string of the molecule is Cn1cc([C@@H]2CSCCN2Cc2ccon2)cn1. The van der Waals surface area contributed by atoms with Crippen LogP contribution in [0.1, 0.15) is 17.3 Å². The van der Waals surface area contributed by atoms with E-state index in [4.69, 9.17) is 4.52 Å². The highest BCUT2D eigenvalue weighted by atomic mass is 32.2. The second-order valence-electron chi connectivity index (χ2n) is 4.50. The van der Waals surface area contributed by atoms with Gasteiger partial charge in [-0.1, -0.05) is 5.16 Å². The van der Waals surface area contributed by atoms with Crippen LogP contribution in [0.2, 0.25) is 0 Å². The lowest BCUT2D eigenvalue weighted by Gasteiger charge is -2.34. The first kappa shape index (κ1) is 11.8. The molecule has 1 aliphatic rings. The van der Waals surface area contributed by atoms with Gasteiger partial charge in [0.05, 0.1) is 11.9 Å². The summed E-state index contributed by atoms with van der Waals surface area (Å²) in [6.45, 7) is 1.92.